The fourth-order valence-corrected chi connectivity index (χ4v) is 3.26. The van der Waals surface area contributed by atoms with Gasteiger partial charge in [-0.1, -0.05) is 0 Å². The molecule has 1 N–H and O–H groups in total. The van der Waals surface area contributed by atoms with E-state index in [1.54, 1.807) is 37.1 Å². The minimum absolute atomic E-state index is 0.0589. The number of rotatable bonds is 3. The molecule has 3 heterocycles. The van der Waals surface area contributed by atoms with E-state index in [0.29, 0.717) is 33.7 Å². The van der Waals surface area contributed by atoms with Gasteiger partial charge in [0.05, 0.1) is 12.0 Å². The highest BCUT2D eigenvalue weighted by Crippen LogP contribution is 2.31. The number of aromatic nitrogens is 6. The smallest absolute Gasteiger partial charge is 0.270 e. The van der Waals surface area contributed by atoms with Gasteiger partial charge in [-0.25, -0.2) is 23.4 Å². The average molecular weight is 384 g/mol. The first-order valence-corrected chi connectivity index (χ1v) is 8.61. The summed E-state index contributed by atoms with van der Waals surface area (Å²) in [5.41, 5.74) is 2.28. The number of H-pyrrole nitrogens is 1. The van der Waals surface area contributed by atoms with Crippen molar-refractivity contribution in [3.8, 4) is 17.2 Å². The van der Waals surface area contributed by atoms with Gasteiger partial charge in [0.15, 0.2) is 11.5 Å². The Balaban J connectivity index is 1.87. The van der Waals surface area contributed by atoms with Crippen molar-refractivity contribution in [1.82, 2.24) is 29.3 Å². The molecular formula is C19H18F2N6O. The van der Waals surface area contributed by atoms with Crippen LogP contribution in [0.5, 0.6) is 0 Å². The summed E-state index contributed by atoms with van der Waals surface area (Å²) in [6.07, 6.45) is 4.90. The van der Waals surface area contributed by atoms with E-state index >= 15 is 0 Å². The second-order valence-electron chi connectivity index (χ2n) is 7.00. The number of hydrogen-bond donors (Lipinski definition) is 1. The van der Waals surface area contributed by atoms with Crippen LogP contribution in [0.1, 0.15) is 23.6 Å². The molecule has 0 amide bonds. The molecule has 0 radical (unpaired) electrons. The van der Waals surface area contributed by atoms with Crippen LogP contribution < -0.4 is 5.56 Å². The maximum absolute atomic E-state index is 13.7. The highest BCUT2D eigenvalue weighted by atomic mass is 19.3. The lowest BCUT2D eigenvalue weighted by Crippen LogP contribution is -2.10. The first kappa shape index (κ1) is 18.0. The number of fused-ring (bicyclic) bond motifs is 1. The summed E-state index contributed by atoms with van der Waals surface area (Å²) < 4.78 is 30.6. The molecule has 0 aliphatic rings. The topological polar surface area (TPSA) is 81.4 Å². The van der Waals surface area contributed by atoms with Crippen LogP contribution in [0.25, 0.3) is 28.2 Å². The van der Waals surface area contributed by atoms with Crippen molar-refractivity contribution in [1.29, 1.82) is 0 Å². The van der Waals surface area contributed by atoms with Crippen LogP contribution in [0.15, 0.2) is 35.6 Å². The summed E-state index contributed by atoms with van der Waals surface area (Å²) in [7, 11) is 1.82. The number of aryl methyl sites for hydroxylation is 3. The Kier molecular flexibility index (Phi) is 3.91. The zero-order valence-electron chi connectivity index (χ0n) is 15.8. The summed E-state index contributed by atoms with van der Waals surface area (Å²) in [5, 5.41) is 4.72. The van der Waals surface area contributed by atoms with Gasteiger partial charge >= 0.3 is 0 Å². The quantitative estimate of drug-likeness (QED) is 0.588. The summed E-state index contributed by atoms with van der Waals surface area (Å²) in [6, 6.07) is 2.87. The van der Waals surface area contributed by atoms with Crippen molar-refractivity contribution in [2.24, 2.45) is 7.05 Å². The zero-order chi connectivity index (χ0) is 20.2. The molecule has 0 unspecified atom stereocenters. The lowest BCUT2D eigenvalue weighted by atomic mass is 10.0. The maximum atomic E-state index is 13.7. The molecule has 0 saturated carbocycles. The fraction of sp³-hybridized carbons (Fsp3) is 0.263. The second-order valence-corrected chi connectivity index (χ2v) is 7.00. The molecule has 28 heavy (non-hydrogen) atoms. The molecule has 1 aromatic carbocycles. The van der Waals surface area contributed by atoms with Crippen LogP contribution in [0, 0.1) is 13.8 Å². The summed E-state index contributed by atoms with van der Waals surface area (Å²) in [6.45, 7) is 4.34. The summed E-state index contributed by atoms with van der Waals surface area (Å²) in [4.78, 5) is 23.8. The first-order chi connectivity index (χ1) is 13.1. The molecule has 0 aliphatic carbocycles. The average Bonchev–Trinajstić information content (AvgIpc) is 3.20. The Morgan fingerprint density at radius 1 is 1.14 bits per heavy atom. The summed E-state index contributed by atoms with van der Waals surface area (Å²) >= 11 is 0. The van der Waals surface area contributed by atoms with Gasteiger partial charge in [0.25, 0.3) is 11.5 Å². The van der Waals surface area contributed by atoms with E-state index in [2.05, 4.69) is 20.1 Å². The molecule has 144 valence electrons. The van der Waals surface area contributed by atoms with E-state index in [1.807, 2.05) is 7.05 Å². The van der Waals surface area contributed by atoms with Crippen molar-refractivity contribution >= 4 is 11.0 Å². The largest absolute Gasteiger partial charge is 0.340 e. The lowest BCUT2D eigenvalue weighted by molar-refractivity contribution is 0.0173. The first-order valence-electron chi connectivity index (χ1n) is 8.61. The Labute approximate surface area is 158 Å². The molecule has 0 saturated heterocycles. The fourth-order valence-electron chi connectivity index (χ4n) is 3.26. The number of hydrogen-bond acceptors (Lipinski definition) is 4. The van der Waals surface area contributed by atoms with E-state index in [4.69, 9.17) is 0 Å². The van der Waals surface area contributed by atoms with Crippen molar-refractivity contribution < 1.29 is 8.78 Å². The molecule has 3 aromatic heterocycles. The van der Waals surface area contributed by atoms with Crippen LogP contribution in [0.2, 0.25) is 0 Å². The van der Waals surface area contributed by atoms with Gasteiger partial charge in [-0.05, 0) is 37.1 Å². The molecule has 0 bridgehead atoms. The molecule has 0 fully saturated rings. The van der Waals surface area contributed by atoms with Crippen LogP contribution >= 0.6 is 0 Å². The third-order valence-corrected chi connectivity index (χ3v) is 4.56. The van der Waals surface area contributed by atoms with E-state index in [0.717, 1.165) is 6.92 Å². The van der Waals surface area contributed by atoms with Crippen molar-refractivity contribution in [3.63, 3.8) is 0 Å². The SMILES string of the molecule is Cc1cc(C(C)(F)F)cc(C)c1-n1cc2c(=O)[nH]c(-c3cn(C)cn3)nc2n1. The van der Waals surface area contributed by atoms with Crippen LogP contribution in [-0.2, 0) is 13.0 Å². The molecule has 0 spiro atoms. The minimum atomic E-state index is -2.93. The Bertz CT molecular complexity index is 1240. The number of nitrogens with zero attached hydrogens (tertiary/aromatic N) is 5. The summed E-state index contributed by atoms with van der Waals surface area (Å²) in [5.74, 6) is -2.61. The third-order valence-electron chi connectivity index (χ3n) is 4.56. The van der Waals surface area contributed by atoms with E-state index in [-0.39, 0.29) is 16.8 Å². The Morgan fingerprint density at radius 3 is 2.39 bits per heavy atom. The normalized spacial score (nSPS) is 12.1. The van der Waals surface area contributed by atoms with E-state index in [9.17, 15) is 13.6 Å². The Hall–Kier alpha value is -3.36. The van der Waals surface area contributed by atoms with Gasteiger partial charge in [0.1, 0.15) is 11.1 Å². The van der Waals surface area contributed by atoms with E-state index in [1.165, 1.54) is 16.8 Å². The number of alkyl halides is 2. The van der Waals surface area contributed by atoms with Gasteiger partial charge in [-0.15, -0.1) is 5.10 Å². The number of nitrogens with one attached hydrogen (secondary N) is 1. The predicted molar refractivity (Wildman–Crippen MR) is 101 cm³/mol. The van der Waals surface area contributed by atoms with Crippen LogP contribution in [0.4, 0.5) is 8.78 Å². The monoisotopic (exact) mass is 384 g/mol. The number of benzene rings is 1. The molecule has 9 heteroatoms. The van der Waals surface area contributed by atoms with Gasteiger partial charge in [0.2, 0.25) is 0 Å². The molecular weight excluding hydrogens is 366 g/mol. The van der Waals surface area contributed by atoms with Gasteiger partial charge in [-0.3, -0.25) is 4.79 Å². The standard InChI is InChI=1S/C19H18F2N6O/c1-10-5-12(19(3,20)21)6-11(2)15(10)27-7-13-16(25-27)23-17(24-18(13)28)14-8-26(4)9-22-14/h5-9H,1-4H3,(H,23,24,25,28). The predicted octanol–water partition coefficient (Wildman–Crippen LogP) is 3.24. The van der Waals surface area contributed by atoms with Gasteiger partial charge < -0.3 is 9.55 Å². The van der Waals surface area contributed by atoms with Crippen LogP contribution in [0.3, 0.4) is 0 Å². The number of aromatic amines is 1. The molecule has 0 aliphatic heterocycles. The Morgan fingerprint density at radius 2 is 1.82 bits per heavy atom. The van der Waals surface area contributed by atoms with Crippen molar-refractivity contribution in [2.75, 3.05) is 0 Å². The van der Waals surface area contributed by atoms with Crippen molar-refractivity contribution in [2.45, 2.75) is 26.7 Å². The number of imidazole rings is 1. The minimum Gasteiger partial charge on any atom is -0.340 e. The second kappa shape index (κ2) is 6.08. The van der Waals surface area contributed by atoms with Crippen molar-refractivity contribution in [3.05, 3.63) is 57.9 Å². The molecule has 4 rings (SSSR count). The maximum Gasteiger partial charge on any atom is 0.270 e. The van der Waals surface area contributed by atoms with Gasteiger partial charge in [-0.2, -0.15) is 0 Å². The molecule has 7 nitrogen and oxygen atoms in total. The molecule has 4 aromatic rings. The lowest BCUT2D eigenvalue weighted by Gasteiger charge is -2.16. The van der Waals surface area contributed by atoms with E-state index < -0.39 is 5.92 Å². The highest BCUT2D eigenvalue weighted by molar-refractivity contribution is 5.75. The zero-order valence-corrected chi connectivity index (χ0v) is 15.8. The van der Waals surface area contributed by atoms with Gasteiger partial charge in [0, 0.05) is 31.9 Å². The number of halogens is 2. The molecule has 0 atom stereocenters. The third kappa shape index (κ3) is 2.98. The van der Waals surface area contributed by atoms with Crippen LogP contribution in [-0.4, -0.2) is 29.3 Å². The highest BCUT2D eigenvalue weighted by Gasteiger charge is 2.26.